The van der Waals surface area contributed by atoms with Crippen molar-refractivity contribution >= 4 is 41.1 Å². The summed E-state index contributed by atoms with van der Waals surface area (Å²) >= 11 is 0. The molecule has 4 rings (SSSR count). The number of amides is 1. The van der Waals surface area contributed by atoms with E-state index in [9.17, 15) is 44.1 Å². The third-order valence-corrected chi connectivity index (χ3v) is 8.12. The number of ketones is 4. The van der Waals surface area contributed by atoms with E-state index >= 15 is 0 Å². The Hall–Kier alpha value is -3.74. The first kappa shape index (κ1) is 27.3. The summed E-state index contributed by atoms with van der Waals surface area (Å²) in [5.74, 6) is -14.8. The molecule has 1 aromatic carbocycles. The highest BCUT2D eigenvalue weighted by Gasteiger charge is 2.72. The zero-order chi connectivity index (χ0) is 28.4. The molecule has 2 unspecified atom stereocenters. The van der Waals surface area contributed by atoms with Crippen molar-refractivity contribution in [2.75, 3.05) is 21.2 Å². The van der Waals surface area contributed by atoms with Crippen molar-refractivity contribution in [3.63, 3.8) is 0 Å². The molecular formula is C26H28N2O10. The SMILES string of the molecule is COC(=O)/C=C/c1ccc2c(c1O)C(=O)C1C(=O)[C@@]3(O)C(=O)C(C(N)=O)C(=O)[C@H](N(C)C)[C@H]3[C@H](O)[C@H]1[C@@H]2C. The van der Waals surface area contributed by atoms with Crippen molar-refractivity contribution in [1.82, 2.24) is 4.90 Å². The van der Waals surface area contributed by atoms with Crippen LogP contribution in [0.4, 0.5) is 0 Å². The number of fused-ring (bicyclic) bond motifs is 3. The highest BCUT2D eigenvalue weighted by molar-refractivity contribution is 6.32. The molecule has 2 fully saturated rings. The van der Waals surface area contributed by atoms with Crippen molar-refractivity contribution in [2.24, 2.45) is 29.4 Å². The molecule has 0 saturated heterocycles. The first-order chi connectivity index (χ1) is 17.7. The van der Waals surface area contributed by atoms with Gasteiger partial charge in [0.25, 0.3) is 0 Å². The van der Waals surface area contributed by atoms with Gasteiger partial charge >= 0.3 is 5.97 Å². The van der Waals surface area contributed by atoms with Crippen LogP contribution in [0.2, 0.25) is 0 Å². The number of aliphatic hydroxyl groups excluding tert-OH is 1. The molecular weight excluding hydrogens is 500 g/mol. The molecule has 0 aromatic heterocycles. The molecule has 3 aliphatic carbocycles. The minimum Gasteiger partial charge on any atom is -0.507 e. The topological polar surface area (TPSA) is 202 Å². The highest BCUT2D eigenvalue weighted by Crippen LogP contribution is 2.54. The Labute approximate surface area is 217 Å². The number of hydrogen-bond donors (Lipinski definition) is 4. The summed E-state index contributed by atoms with van der Waals surface area (Å²) in [5, 5.41) is 34.1. The molecule has 0 aliphatic heterocycles. The Morgan fingerprint density at radius 2 is 1.76 bits per heavy atom. The molecule has 0 spiro atoms. The number of rotatable bonds is 4. The largest absolute Gasteiger partial charge is 0.507 e. The fourth-order valence-electron chi connectivity index (χ4n) is 6.37. The Morgan fingerprint density at radius 1 is 1.13 bits per heavy atom. The van der Waals surface area contributed by atoms with Crippen LogP contribution in [0.25, 0.3) is 6.08 Å². The van der Waals surface area contributed by atoms with E-state index in [4.69, 9.17) is 5.73 Å². The van der Waals surface area contributed by atoms with Gasteiger partial charge in [0.05, 0.1) is 36.7 Å². The van der Waals surface area contributed by atoms with Crippen LogP contribution < -0.4 is 5.73 Å². The van der Waals surface area contributed by atoms with Gasteiger partial charge < -0.3 is 25.8 Å². The van der Waals surface area contributed by atoms with E-state index in [0.717, 1.165) is 13.2 Å². The number of ether oxygens (including phenoxy) is 1. The molecule has 0 radical (unpaired) electrons. The number of phenols is 1. The van der Waals surface area contributed by atoms with Crippen molar-refractivity contribution in [3.8, 4) is 5.75 Å². The molecule has 3 aliphatic rings. The van der Waals surface area contributed by atoms with Crippen LogP contribution >= 0.6 is 0 Å². The quantitative estimate of drug-likeness (QED) is 0.203. The monoisotopic (exact) mass is 528 g/mol. The van der Waals surface area contributed by atoms with Gasteiger partial charge in [-0.3, -0.25) is 28.9 Å². The highest BCUT2D eigenvalue weighted by atomic mass is 16.5. The summed E-state index contributed by atoms with van der Waals surface area (Å²) in [6.45, 7) is 1.61. The van der Waals surface area contributed by atoms with Gasteiger partial charge in [-0.25, -0.2) is 4.79 Å². The van der Waals surface area contributed by atoms with Gasteiger partial charge in [0.15, 0.2) is 34.7 Å². The van der Waals surface area contributed by atoms with Gasteiger partial charge in [-0.05, 0) is 31.7 Å². The van der Waals surface area contributed by atoms with Gasteiger partial charge in [-0.2, -0.15) is 0 Å². The van der Waals surface area contributed by atoms with E-state index in [-0.39, 0.29) is 11.1 Å². The summed E-state index contributed by atoms with van der Waals surface area (Å²) in [7, 11) is 4.01. The Bertz CT molecular complexity index is 1320. The molecule has 8 atom stereocenters. The van der Waals surface area contributed by atoms with Gasteiger partial charge in [0.1, 0.15) is 5.75 Å². The van der Waals surface area contributed by atoms with Crippen LogP contribution in [0.1, 0.15) is 34.3 Å². The number of methoxy groups -OCH3 is 1. The second-order valence-corrected chi connectivity index (χ2v) is 10.2. The maximum Gasteiger partial charge on any atom is 0.330 e. The fourth-order valence-corrected chi connectivity index (χ4v) is 6.37. The van der Waals surface area contributed by atoms with Crippen LogP contribution in [0.3, 0.4) is 0 Å². The Balaban J connectivity index is 1.91. The van der Waals surface area contributed by atoms with Gasteiger partial charge in [-0.1, -0.05) is 19.1 Å². The summed E-state index contributed by atoms with van der Waals surface area (Å²) in [5.41, 5.74) is 2.33. The number of phenolic OH excluding ortho intramolecular Hbond substituents is 1. The Morgan fingerprint density at radius 3 is 2.32 bits per heavy atom. The van der Waals surface area contributed by atoms with Gasteiger partial charge in [0.2, 0.25) is 5.91 Å². The average molecular weight is 529 g/mol. The number of carbonyl (C=O) groups is 6. The molecule has 2 saturated carbocycles. The minimum atomic E-state index is -3.06. The Kier molecular flexibility index (Phi) is 6.63. The second-order valence-electron chi connectivity index (χ2n) is 10.2. The lowest BCUT2D eigenvalue weighted by Crippen LogP contribution is -2.77. The number of esters is 1. The van der Waals surface area contributed by atoms with Crippen molar-refractivity contribution in [1.29, 1.82) is 0 Å². The predicted molar refractivity (Wildman–Crippen MR) is 129 cm³/mol. The van der Waals surface area contributed by atoms with Crippen LogP contribution in [0.15, 0.2) is 18.2 Å². The van der Waals surface area contributed by atoms with E-state index in [1.165, 1.54) is 37.2 Å². The van der Waals surface area contributed by atoms with E-state index in [2.05, 4.69) is 4.74 Å². The standard InChI is InChI=1S/C26H28N2O10/c1-9-11-7-5-10(6-8-12(29)38-4)19(30)14(11)20(31)15-13(9)21(32)17-18(28(2)3)22(33)16(25(27)36)24(35)26(17,37)23(15)34/h5-9,13,15-18,21,30,32,37H,1-4H3,(H2,27,36)/b8-6+/t9-,13+,15?,16?,17+,18-,21-,26-/m1/s1. The number of primary amides is 1. The predicted octanol–water partition coefficient (Wildman–Crippen LogP) is -1.41. The molecule has 0 heterocycles. The van der Waals surface area contributed by atoms with Crippen molar-refractivity contribution in [2.45, 2.75) is 30.6 Å². The molecule has 1 aromatic rings. The number of hydrogen-bond acceptors (Lipinski definition) is 11. The lowest BCUT2D eigenvalue weighted by Gasteiger charge is -2.56. The van der Waals surface area contributed by atoms with E-state index < -0.39 is 88.1 Å². The zero-order valence-electron chi connectivity index (χ0n) is 21.1. The molecule has 0 bridgehead atoms. The number of Topliss-reactive ketones (excluding diaryl/α,β-unsaturated/α-hetero) is 4. The molecule has 202 valence electrons. The number of aliphatic hydroxyl groups is 2. The van der Waals surface area contributed by atoms with Crippen LogP contribution in [-0.4, -0.2) is 94.2 Å². The van der Waals surface area contributed by atoms with E-state index in [0.29, 0.717) is 5.56 Å². The first-order valence-corrected chi connectivity index (χ1v) is 11.9. The summed E-state index contributed by atoms with van der Waals surface area (Å²) < 4.78 is 4.52. The van der Waals surface area contributed by atoms with Crippen LogP contribution in [0.5, 0.6) is 5.75 Å². The first-order valence-electron chi connectivity index (χ1n) is 11.9. The molecule has 1 amide bonds. The maximum atomic E-state index is 13.9. The third-order valence-electron chi connectivity index (χ3n) is 8.12. The van der Waals surface area contributed by atoms with Crippen molar-refractivity contribution in [3.05, 3.63) is 34.9 Å². The van der Waals surface area contributed by atoms with Gasteiger partial charge in [0, 0.05) is 17.6 Å². The lowest BCUT2D eigenvalue weighted by atomic mass is 9.49. The number of carbonyl (C=O) groups excluding carboxylic acids is 6. The second kappa shape index (κ2) is 9.22. The average Bonchev–Trinajstić information content (AvgIpc) is 2.84. The maximum absolute atomic E-state index is 13.9. The normalized spacial score (nSPS) is 34.7. The van der Waals surface area contributed by atoms with Crippen molar-refractivity contribution < 1.29 is 48.8 Å². The summed E-state index contributed by atoms with van der Waals surface area (Å²) in [6, 6.07) is 1.52. The lowest BCUT2D eigenvalue weighted by molar-refractivity contribution is -0.196. The van der Waals surface area contributed by atoms with Gasteiger partial charge in [-0.15, -0.1) is 0 Å². The number of aromatic hydroxyl groups is 1. The van der Waals surface area contributed by atoms with E-state index in [1.54, 1.807) is 6.92 Å². The van der Waals surface area contributed by atoms with E-state index in [1.807, 2.05) is 0 Å². The number of likely N-dealkylation sites (N-methyl/N-ethyl adjacent to an activating group) is 1. The molecule has 12 heteroatoms. The third kappa shape index (κ3) is 3.55. The van der Waals surface area contributed by atoms with Crippen LogP contribution in [0, 0.1) is 23.7 Å². The summed E-state index contributed by atoms with van der Waals surface area (Å²) in [6.07, 6.45) is 0.527. The number of benzene rings is 1. The molecule has 12 nitrogen and oxygen atoms in total. The number of nitrogens with two attached hydrogens (primary N) is 1. The smallest absolute Gasteiger partial charge is 0.330 e. The minimum absolute atomic E-state index is 0.0642. The summed E-state index contributed by atoms with van der Waals surface area (Å²) in [4.78, 5) is 78.9. The fraction of sp³-hybridized carbons (Fsp3) is 0.462. The van der Waals surface area contributed by atoms with Crippen LogP contribution in [-0.2, 0) is 28.7 Å². The number of nitrogens with zero attached hydrogens (tertiary/aromatic N) is 1. The molecule has 5 N–H and O–H groups in total. The molecule has 38 heavy (non-hydrogen) atoms. The zero-order valence-corrected chi connectivity index (χ0v) is 21.1.